The number of aliphatic hydroxyl groups is 6. The molecule has 3 fully saturated rings. The Morgan fingerprint density at radius 3 is 1.92 bits per heavy atom. The van der Waals surface area contributed by atoms with E-state index in [1.807, 2.05) is 0 Å². The second-order valence-electron chi connectivity index (χ2n) is 9.89. The molecular formula is C26H32O13. The lowest BCUT2D eigenvalue weighted by molar-refractivity contribution is -0.277. The Balaban J connectivity index is 1.39. The van der Waals surface area contributed by atoms with E-state index in [4.69, 9.17) is 28.4 Å². The van der Waals surface area contributed by atoms with Crippen molar-refractivity contribution in [2.45, 2.75) is 54.1 Å². The average molecular weight is 553 g/mol. The summed E-state index contributed by atoms with van der Waals surface area (Å²) in [5.74, 6) is 0.360. The molecular weight excluding hydrogens is 520 g/mol. The molecule has 3 aliphatic heterocycles. The van der Waals surface area contributed by atoms with Gasteiger partial charge in [-0.1, -0.05) is 12.1 Å². The first-order valence-electron chi connectivity index (χ1n) is 12.3. The molecule has 13 heteroatoms. The highest BCUT2D eigenvalue weighted by Crippen LogP contribution is 2.56. The fraction of sp³-hybridized carbons (Fsp3) is 0.538. The Labute approximate surface area is 223 Å². The summed E-state index contributed by atoms with van der Waals surface area (Å²) in [5.41, 5.74) is -2.78. The van der Waals surface area contributed by atoms with Crippen molar-refractivity contribution in [2.24, 2.45) is 0 Å². The summed E-state index contributed by atoms with van der Waals surface area (Å²) in [6.45, 7) is -1.12. The van der Waals surface area contributed by atoms with Crippen LogP contribution in [0.1, 0.15) is 23.3 Å². The number of rotatable bonds is 7. The fourth-order valence-corrected chi connectivity index (χ4v) is 5.39. The van der Waals surface area contributed by atoms with Gasteiger partial charge < -0.3 is 64.2 Å². The molecule has 13 nitrogen and oxygen atoms in total. The summed E-state index contributed by atoms with van der Waals surface area (Å²) in [6, 6.07) is 9.04. The summed E-state index contributed by atoms with van der Waals surface area (Å²) in [5, 5.41) is 73.0. The molecule has 0 unspecified atom stereocenters. The molecule has 0 amide bonds. The Morgan fingerprint density at radius 2 is 1.36 bits per heavy atom. The van der Waals surface area contributed by atoms with E-state index in [1.54, 1.807) is 12.1 Å². The third-order valence-electron chi connectivity index (χ3n) is 7.65. The predicted octanol–water partition coefficient (Wildman–Crippen LogP) is -1.11. The van der Waals surface area contributed by atoms with E-state index < -0.39 is 60.7 Å². The van der Waals surface area contributed by atoms with E-state index in [2.05, 4.69) is 0 Å². The maximum absolute atomic E-state index is 11.7. The van der Waals surface area contributed by atoms with Crippen molar-refractivity contribution < 1.29 is 64.2 Å². The van der Waals surface area contributed by atoms with E-state index in [-0.39, 0.29) is 36.2 Å². The highest BCUT2D eigenvalue weighted by molar-refractivity contribution is 5.47. The standard InChI is InChI=1S/C26H32O13/c1-34-16-7-12(3-5-14(16)28)22-25(32)10-37-23(26(25,33)11-36-22)13-4-6-15(17(8-13)35-2)38-24-21(31)20(30)19(29)18(9-27)39-24/h3-8,18-24,27-33H,9-11H2,1-2H3/t18-,19-,20+,21-,22-,23-,24+,25-,26-/m1/s1. The zero-order valence-electron chi connectivity index (χ0n) is 21.2. The molecule has 0 aromatic heterocycles. The number of hydrogen-bond acceptors (Lipinski definition) is 13. The molecule has 0 spiro atoms. The van der Waals surface area contributed by atoms with Crippen LogP contribution in [0, 0.1) is 0 Å². The van der Waals surface area contributed by atoms with Crippen LogP contribution in [0.15, 0.2) is 36.4 Å². The Morgan fingerprint density at radius 1 is 0.795 bits per heavy atom. The molecule has 7 N–H and O–H groups in total. The first-order valence-corrected chi connectivity index (χ1v) is 12.3. The van der Waals surface area contributed by atoms with Crippen molar-refractivity contribution in [3.8, 4) is 23.0 Å². The number of aromatic hydroxyl groups is 1. The first-order chi connectivity index (χ1) is 18.6. The van der Waals surface area contributed by atoms with E-state index in [0.29, 0.717) is 11.1 Å². The second kappa shape index (κ2) is 10.4. The van der Waals surface area contributed by atoms with Crippen molar-refractivity contribution in [3.05, 3.63) is 47.5 Å². The van der Waals surface area contributed by atoms with Crippen LogP contribution in [-0.4, -0.2) is 112 Å². The molecule has 2 aromatic carbocycles. The van der Waals surface area contributed by atoms with Gasteiger partial charge in [-0.15, -0.1) is 0 Å². The van der Waals surface area contributed by atoms with Gasteiger partial charge in [-0.3, -0.25) is 0 Å². The molecule has 39 heavy (non-hydrogen) atoms. The fourth-order valence-electron chi connectivity index (χ4n) is 5.39. The van der Waals surface area contributed by atoms with Gasteiger partial charge in [0.05, 0.1) is 34.0 Å². The van der Waals surface area contributed by atoms with Gasteiger partial charge in [0.2, 0.25) is 6.29 Å². The van der Waals surface area contributed by atoms with Crippen molar-refractivity contribution in [1.82, 2.24) is 0 Å². The van der Waals surface area contributed by atoms with Crippen LogP contribution in [-0.2, 0) is 14.2 Å². The van der Waals surface area contributed by atoms with Crippen molar-refractivity contribution in [2.75, 3.05) is 34.0 Å². The van der Waals surface area contributed by atoms with Gasteiger partial charge in [0, 0.05) is 0 Å². The summed E-state index contributed by atoms with van der Waals surface area (Å²) < 4.78 is 33.4. The summed E-state index contributed by atoms with van der Waals surface area (Å²) in [7, 11) is 2.76. The first kappa shape index (κ1) is 27.8. The van der Waals surface area contributed by atoms with Crippen molar-refractivity contribution in [1.29, 1.82) is 0 Å². The third-order valence-corrected chi connectivity index (χ3v) is 7.65. The number of phenolic OH excluding ortho intramolecular Hbond substituents is 1. The highest BCUT2D eigenvalue weighted by Gasteiger charge is 2.69. The number of benzene rings is 2. The molecule has 9 atom stereocenters. The topological polar surface area (TPSA) is 197 Å². The van der Waals surface area contributed by atoms with Crippen LogP contribution < -0.4 is 14.2 Å². The zero-order chi connectivity index (χ0) is 28.1. The number of aliphatic hydroxyl groups excluding tert-OH is 4. The minimum absolute atomic E-state index is 0.0832. The molecule has 0 radical (unpaired) electrons. The molecule has 2 aromatic rings. The van der Waals surface area contributed by atoms with Gasteiger partial charge in [0.1, 0.15) is 36.6 Å². The lowest BCUT2D eigenvalue weighted by atomic mass is 9.77. The SMILES string of the molecule is COc1cc([C@H]2OC[C@@]3(O)[C@@H](c4ccc(O[C@H]5O[C@H](CO)[C@@H](O)[C@H](O)[C@H]5O)c(OC)c4)OC[C@@]23O)ccc1O. The molecule has 214 valence electrons. The summed E-state index contributed by atoms with van der Waals surface area (Å²) in [6.07, 6.45) is -9.35. The van der Waals surface area contributed by atoms with Crippen LogP contribution >= 0.6 is 0 Å². The normalized spacial score (nSPS) is 37.9. The van der Waals surface area contributed by atoms with Gasteiger partial charge in [-0.2, -0.15) is 0 Å². The predicted molar refractivity (Wildman–Crippen MR) is 129 cm³/mol. The molecule has 5 rings (SSSR count). The number of phenols is 1. The Hall–Kier alpha value is -2.72. The number of hydrogen-bond donors (Lipinski definition) is 7. The molecule has 0 saturated carbocycles. The quantitative estimate of drug-likeness (QED) is 0.219. The van der Waals surface area contributed by atoms with Crippen LogP contribution in [0.3, 0.4) is 0 Å². The highest BCUT2D eigenvalue weighted by atomic mass is 16.7. The molecule has 3 aliphatic rings. The van der Waals surface area contributed by atoms with Gasteiger partial charge in [-0.05, 0) is 35.4 Å². The largest absolute Gasteiger partial charge is 0.504 e. The average Bonchev–Trinajstić information content (AvgIpc) is 3.35. The van der Waals surface area contributed by atoms with Crippen LogP contribution in [0.2, 0.25) is 0 Å². The number of ether oxygens (including phenoxy) is 6. The van der Waals surface area contributed by atoms with E-state index in [0.717, 1.165) is 0 Å². The molecule has 3 heterocycles. The summed E-state index contributed by atoms with van der Waals surface area (Å²) in [4.78, 5) is 0. The minimum Gasteiger partial charge on any atom is -0.504 e. The van der Waals surface area contributed by atoms with Gasteiger partial charge in [-0.25, -0.2) is 0 Å². The lowest BCUT2D eigenvalue weighted by Gasteiger charge is -2.39. The van der Waals surface area contributed by atoms with Crippen molar-refractivity contribution >= 4 is 0 Å². The van der Waals surface area contributed by atoms with Gasteiger partial charge in [0.15, 0.2) is 34.2 Å². The minimum atomic E-state index is -1.85. The van der Waals surface area contributed by atoms with E-state index in [1.165, 1.54) is 38.5 Å². The van der Waals surface area contributed by atoms with Gasteiger partial charge in [0.25, 0.3) is 0 Å². The van der Waals surface area contributed by atoms with Crippen LogP contribution in [0.25, 0.3) is 0 Å². The molecule has 3 saturated heterocycles. The smallest absolute Gasteiger partial charge is 0.229 e. The van der Waals surface area contributed by atoms with E-state index >= 15 is 0 Å². The Kier molecular flexibility index (Phi) is 7.39. The van der Waals surface area contributed by atoms with E-state index in [9.17, 15) is 35.7 Å². The number of methoxy groups -OCH3 is 2. The number of fused-ring (bicyclic) bond motifs is 1. The second-order valence-corrected chi connectivity index (χ2v) is 9.89. The van der Waals surface area contributed by atoms with Crippen LogP contribution in [0.5, 0.6) is 23.0 Å². The molecule has 0 aliphatic carbocycles. The molecule has 0 bridgehead atoms. The lowest BCUT2D eigenvalue weighted by Crippen LogP contribution is -2.60. The van der Waals surface area contributed by atoms with Crippen LogP contribution in [0.4, 0.5) is 0 Å². The van der Waals surface area contributed by atoms with Crippen molar-refractivity contribution in [3.63, 3.8) is 0 Å². The monoisotopic (exact) mass is 552 g/mol. The maximum atomic E-state index is 11.7. The Bertz CT molecular complexity index is 1190. The maximum Gasteiger partial charge on any atom is 0.229 e. The van der Waals surface area contributed by atoms with Gasteiger partial charge >= 0.3 is 0 Å². The zero-order valence-corrected chi connectivity index (χ0v) is 21.2. The summed E-state index contributed by atoms with van der Waals surface area (Å²) >= 11 is 0. The third kappa shape index (κ3) is 4.40.